The summed E-state index contributed by atoms with van der Waals surface area (Å²) in [5, 5.41) is 4.75. The van der Waals surface area contributed by atoms with Crippen LogP contribution in [0.4, 0.5) is 0 Å². The minimum atomic E-state index is -0.616. The van der Waals surface area contributed by atoms with Gasteiger partial charge < -0.3 is 24.7 Å². The second kappa shape index (κ2) is 13.7. The number of hydrogen-bond acceptors (Lipinski definition) is 6. The van der Waals surface area contributed by atoms with E-state index in [2.05, 4.69) is 33.8 Å². The summed E-state index contributed by atoms with van der Waals surface area (Å²) in [5.41, 5.74) is 1.22. The van der Waals surface area contributed by atoms with Crippen molar-refractivity contribution in [1.82, 2.24) is 25.2 Å². The predicted octanol–water partition coefficient (Wildman–Crippen LogP) is 3.10. The Morgan fingerprint density at radius 1 is 1.09 bits per heavy atom. The van der Waals surface area contributed by atoms with E-state index in [1.54, 1.807) is 18.5 Å². The number of pyridine rings is 1. The minimum absolute atomic E-state index is 0.145. The van der Waals surface area contributed by atoms with Gasteiger partial charge in [-0.05, 0) is 12.1 Å². The first-order valence-corrected chi connectivity index (χ1v) is 11.0. The van der Waals surface area contributed by atoms with Crippen LogP contribution in [-0.4, -0.2) is 39.9 Å². The molecule has 2 N–H and O–H groups in total. The number of likely N-dealkylation sites (N-methyl/N-ethyl adjacent to an activating group) is 1. The molecule has 1 aliphatic rings. The molecule has 0 aliphatic heterocycles. The maximum absolute atomic E-state index is 11.8. The molecule has 2 heterocycles. The van der Waals surface area contributed by atoms with Gasteiger partial charge in [0.05, 0.1) is 24.8 Å². The quantitative estimate of drug-likeness (QED) is 0.444. The second-order valence-electron chi connectivity index (χ2n) is 7.62. The van der Waals surface area contributed by atoms with E-state index >= 15 is 0 Å². The lowest BCUT2D eigenvalue weighted by molar-refractivity contribution is -0.125. The van der Waals surface area contributed by atoms with Crippen molar-refractivity contribution in [3.63, 3.8) is 0 Å². The zero-order chi connectivity index (χ0) is 24.1. The van der Waals surface area contributed by atoms with Gasteiger partial charge in [-0.15, -0.1) is 0 Å². The zero-order valence-electron chi connectivity index (χ0n) is 19.4. The molecule has 2 amide bonds. The first-order chi connectivity index (χ1) is 15.9. The molecule has 2 aromatic rings. The zero-order valence-corrected chi connectivity index (χ0v) is 19.4. The van der Waals surface area contributed by atoms with E-state index in [1.165, 1.54) is 51.8 Å². The average molecular weight is 456 g/mol. The van der Waals surface area contributed by atoms with E-state index in [9.17, 15) is 9.59 Å². The summed E-state index contributed by atoms with van der Waals surface area (Å²) >= 11 is 0. The number of imidazole rings is 1. The van der Waals surface area contributed by atoms with Crippen molar-refractivity contribution in [1.29, 1.82) is 0 Å². The van der Waals surface area contributed by atoms with E-state index in [-0.39, 0.29) is 24.0 Å². The Morgan fingerprint density at radius 2 is 1.76 bits per heavy atom. The smallest absolute Gasteiger partial charge is 0.286 e. The summed E-state index contributed by atoms with van der Waals surface area (Å²) in [6, 6.07) is 3.35. The lowest BCUT2D eigenvalue weighted by Gasteiger charge is -2.11. The number of nitrogens with one attached hydrogen (secondary N) is 2. The van der Waals surface area contributed by atoms with Gasteiger partial charge in [-0.25, -0.2) is 9.97 Å². The molecule has 9 heteroatoms. The number of hydrogen-bond donors (Lipinski definition) is 2. The lowest BCUT2D eigenvalue weighted by atomic mass is 10.0. The molecule has 0 bridgehead atoms. The fraction of sp³-hybridized carbons (Fsp3) is 0.417. The normalized spacial score (nSPS) is 12.5. The average Bonchev–Trinajstić information content (AvgIpc) is 3.27. The molecular weight excluding hydrogens is 422 g/mol. The van der Waals surface area contributed by atoms with Crippen LogP contribution in [0.1, 0.15) is 49.9 Å². The number of aromatic nitrogens is 3. The molecule has 178 valence electrons. The maximum atomic E-state index is 11.8. The second-order valence-corrected chi connectivity index (χ2v) is 7.62. The van der Waals surface area contributed by atoms with Crippen LogP contribution in [0.3, 0.4) is 0 Å². The highest BCUT2D eigenvalue weighted by Crippen LogP contribution is 2.18. The van der Waals surface area contributed by atoms with E-state index in [1.807, 2.05) is 17.8 Å². The standard InChI is InChI=1S/C18H21N5O4.C6H12/c1-12(27-13(2)18(25)21-8-17(24)19-3)16-6-5-15(7-20-16)26-10-14-9-23(4)11-22-14;1-2-4-6-5-3-1/h5-7,9,11H,1-2,8,10H2,3-4H3,(H,19,24)(H,21,25);1-6H2. The van der Waals surface area contributed by atoms with E-state index in [0.29, 0.717) is 18.1 Å². The molecule has 0 aromatic carbocycles. The van der Waals surface area contributed by atoms with Crippen LogP contribution in [0.5, 0.6) is 5.75 Å². The molecule has 2 aromatic heterocycles. The number of aryl methyl sites for hydroxylation is 1. The van der Waals surface area contributed by atoms with Crippen LogP contribution >= 0.6 is 0 Å². The number of ether oxygens (including phenoxy) is 2. The SMILES string of the molecule is C1CCCCC1.C=C(OC(=C)c1ccc(OCc2cn(C)cn2)cn1)C(=O)NCC(=O)NC. The summed E-state index contributed by atoms with van der Waals surface area (Å²) in [7, 11) is 3.35. The van der Waals surface area contributed by atoms with E-state index in [4.69, 9.17) is 9.47 Å². The Morgan fingerprint density at radius 3 is 2.27 bits per heavy atom. The summed E-state index contributed by atoms with van der Waals surface area (Å²) in [6.45, 7) is 7.39. The largest absolute Gasteiger partial charge is 0.486 e. The third-order valence-corrected chi connectivity index (χ3v) is 4.86. The summed E-state index contributed by atoms with van der Waals surface area (Å²) in [6.07, 6.45) is 14.1. The molecule has 0 spiro atoms. The van der Waals surface area contributed by atoms with Crippen LogP contribution in [0.2, 0.25) is 0 Å². The van der Waals surface area contributed by atoms with Crippen molar-refractivity contribution < 1.29 is 19.1 Å². The molecule has 3 rings (SSSR count). The van der Waals surface area contributed by atoms with Crippen LogP contribution < -0.4 is 15.4 Å². The van der Waals surface area contributed by atoms with E-state index in [0.717, 1.165) is 5.69 Å². The number of amides is 2. The summed E-state index contributed by atoms with van der Waals surface area (Å²) < 4.78 is 12.7. The van der Waals surface area contributed by atoms with Gasteiger partial charge in [-0.2, -0.15) is 0 Å². The minimum Gasteiger partial charge on any atom is -0.486 e. The van der Waals surface area contributed by atoms with Gasteiger partial charge in [-0.3, -0.25) is 9.59 Å². The number of carbonyl (C=O) groups is 2. The van der Waals surface area contributed by atoms with Crippen molar-refractivity contribution in [2.24, 2.45) is 7.05 Å². The molecule has 0 atom stereocenters. The van der Waals surface area contributed by atoms with Crippen LogP contribution in [0, 0.1) is 0 Å². The van der Waals surface area contributed by atoms with Gasteiger partial charge in [0.2, 0.25) is 5.91 Å². The maximum Gasteiger partial charge on any atom is 0.286 e. The van der Waals surface area contributed by atoms with Crippen molar-refractivity contribution in [2.75, 3.05) is 13.6 Å². The number of nitrogens with zero attached hydrogens (tertiary/aromatic N) is 3. The molecule has 1 aliphatic carbocycles. The highest BCUT2D eigenvalue weighted by Gasteiger charge is 2.13. The first kappa shape index (κ1) is 25.6. The van der Waals surface area contributed by atoms with Gasteiger partial charge in [0.25, 0.3) is 5.91 Å². The highest BCUT2D eigenvalue weighted by atomic mass is 16.5. The highest BCUT2D eigenvalue weighted by molar-refractivity contribution is 5.94. The van der Waals surface area contributed by atoms with Crippen molar-refractivity contribution >= 4 is 17.6 Å². The van der Waals surface area contributed by atoms with Crippen LogP contribution in [0.25, 0.3) is 5.76 Å². The van der Waals surface area contributed by atoms with E-state index < -0.39 is 5.91 Å². The Kier molecular flexibility index (Phi) is 10.7. The fourth-order valence-corrected chi connectivity index (χ4v) is 2.98. The third-order valence-electron chi connectivity index (χ3n) is 4.86. The topological polar surface area (TPSA) is 107 Å². The van der Waals surface area contributed by atoms with Gasteiger partial charge >= 0.3 is 0 Å². The number of carbonyl (C=O) groups excluding carboxylic acids is 2. The molecular formula is C24H33N5O4. The Labute approximate surface area is 194 Å². The molecule has 0 radical (unpaired) electrons. The van der Waals surface area contributed by atoms with Gasteiger partial charge in [0.1, 0.15) is 23.8 Å². The molecule has 33 heavy (non-hydrogen) atoms. The summed E-state index contributed by atoms with van der Waals surface area (Å²) in [4.78, 5) is 31.3. The Bertz CT molecular complexity index is 921. The third kappa shape index (κ3) is 9.59. The first-order valence-electron chi connectivity index (χ1n) is 11.0. The van der Waals surface area contributed by atoms with Crippen LogP contribution in [0.15, 0.2) is 49.8 Å². The molecule has 0 saturated heterocycles. The number of rotatable bonds is 9. The van der Waals surface area contributed by atoms with Crippen LogP contribution in [-0.2, 0) is 28.0 Å². The summed E-state index contributed by atoms with van der Waals surface area (Å²) in [5.74, 6) is -0.445. The molecule has 9 nitrogen and oxygen atoms in total. The van der Waals surface area contributed by atoms with Crippen molar-refractivity contribution in [3.05, 3.63) is 61.2 Å². The fourth-order valence-electron chi connectivity index (χ4n) is 2.98. The van der Waals surface area contributed by atoms with Gasteiger partial charge in [0, 0.05) is 20.3 Å². The molecule has 0 unspecified atom stereocenters. The Balaban J connectivity index is 0.000000554. The molecule has 1 fully saturated rings. The monoisotopic (exact) mass is 455 g/mol. The van der Waals surface area contributed by atoms with Crippen molar-refractivity contribution in [2.45, 2.75) is 45.1 Å². The van der Waals surface area contributed by atoms with Gasteiger partial charge in [0.15, 0.2) is 5.76 Å². The van der Waals surface area contributed by atoms with Crippen molar-refractivity contribution in [3.8, 4) is 5.75 Å². The van der Waals surface area contributed by atoms with Gasteiger partial charge in [-0.1, -0.05) is 51.7 Å². The molecule has 1 saturated carbocycles. The lowest BCUT2D eigenvalue weighted by Crippen LogP contribution is -2.36. The Hall–Kier alpha value is -3.62. The predicted molar refractivity (Wildman–Crippen MR) is 126 cm³/mol.